The highest BCUT2D eigenvalue weighted by Gasteiger charge is 2.48. The molecular formula is C38H37BrO14. The first kappa shape index (κ1) is 40.1. The number of aliphatic hydroxyl groups is 1. The molecule has 0 bridgehead atoms. The molecule has 1 aliphatic rings. The first-order valence-electron chi connectivity index (χ1n) is 15.9. The molecule has 53 heavy (non-hydrogen) atoms. The molecule has 3 aromatic rings. The molecule has 0 fully saturated rings. The van der Waals surface area contributed by atoms with E-state index in [2.05, 4.69) is 15.9 Å². The summed E-state index contributed by atoms with van der Waals surface area (Å²) in [5.41, 5.74) is -1.95. The van der Waals surface area contributed by atoms with Crippen molar-refractivity contribution in [2.45, 2.75) is 60.5 Å². The van der Waals surface area contributed by atoms with Crippen molar-refractivity contribution in [3.05, 3.63) is 90.2 Å². The van der Waals surface area contributed by atoms with Gasteiger partial charge in [-0.1, -0.05) is 6.92 Å². The van der Waals surface area contributed by atoms with Crippen LogP contribution in [0.2, 0.25) is 0 Å². The molecule has 4 N–H and O–H groups in total. The van der Waals surface area contributed by atoms with E-state index < -0.39 is 46.8 Å². The Morgan fingerprint density at radius 3 is 1.89 bits per heavy atom. The molecule has 14 nitrogen and oxygen atoms in total. The van der Waals surface area contributed by atoms with Gasteiger partial charge in [-0.15, -0.1) is 0 Å². The zero-order chi connectivity index (χ0) is 39.9. The summed E-state index contributed by atoms with van der Waals surface area (Å²) in [4.78, 5) is 64.2. The smallest absolute Gasteiger partial charge is 0.356 e. The van der Waals surface area contributed by atoms with E-state index >= 15 is 0 Å². The molecule has 280 valence electrons. The SMILES string of the molecule is CCc1c(OC(=O)c2c(C)c(C)c(OC(=O)[C@@]3(O)C(C)=CC(=O)C=C3OC)c(Br)c2O)cc(C)c(C(=O)Oc2cc(OC)c(C(=O)O)c(C)c2C)c1O. The summed E-state index contributed by atoms with van der Waals surface area (Å²) < 4.78 is 26.9. The lowest BCUT2D eigenvalue weighted by atomic mass is 9.87. The number of aromatic hydroxyl groups is 2. The number of phenols is 2. The van der Waals surface area contributed by atoms with Crippen LogP contribution in [0.1, 0.15) is 78.3 Å². The lowest BCUT2D eigenvalue weighted by Gasteiger charge is -2.30. The average Bonchev–Trinajstić information content (AvgIpc) is 3.08. The number of rotatable bonds is 10. The summed E-state index contributed by atoms with van der Waals surface area (Å²) in [5, 5.41) is 43.3. The van der Waals surface area contributed by atoms with E-state index in [-0.39, 0.29) is 84.2 Å². The minimum absolute atomic E-state index is 0.00734. The number of benzene rings is 3. The molecular weight excluding hydrogens is 760 g/mol. The van der Waals surface area contributed by atoms with Crippen LogP contribution in [0.25, 0.3) is 0 Å². The zero-order valence-corrected chi connectivity index (χ0v) is 31.9. The number of allylic oxidation sites excluding steroid dienone is 2. The highest BCUT2D eigenvalue weighted by Crippen LogP contribution is 2.45. The molecule has 0 heterocycles. The van der Waals surface area contributed by atoms with Crippen LogP contribution in [-0.2, 0) is 20.7 Å². The van der Waals surface area contributed by atoms with Crippen LogP contribution in [0.4, 0.5) is 0 Å². The summed E-state index contributed by atoms with van der Waals surface area (Å²) in [6.07, 6.45) is 2.07. The van der Waals surface area contributed by atoms with Gasteiger partial charge in [-0.2, -0.15) is 0 Å². The quantitative estimate of drug-likeness (QED) is 0.141. The van der Waals surface area contributed by atoms with Gasteiger partial charge in [0, 0.05) is 17.7 Å². The van der Waals surface area contributed by atoms with Gasteiger partial charge >= 0.3 is 23.9 Å². The highest BCUT2D eigenvalue weighted by atomic mass is 79.9. The lowest BCUT2D eigenvalue weighted by molar-refractivity contribution is -0.151. The number of phenolic OH excluding ortho intramolecular Hbond substituents is 2. The topological polar surface area (TPSA) is 212 Å². The molecule has 0 radical (unpaired) electrons. The highest BCUT2D eigenvalue weighted by molar-refractivity contribution is 9.10. The van der Waals surface area contributed by atoms with Gasteiger partial charge in [0.1, 0.15) is 55.7 Å². The van der Waals surface area contributed by atoms with Gasteiger partial charge in [-0.05, 0) is 109 Å². The van der Waals surface area contributed by atoms with E-state index in [4.69, 9.17) is 23.7 Å². The van der Waals surface area contributed by atoms with Crippen molar-refractivity contribution in [1.82, 2.24) is 0 Å². The van der Waals surface area contributed by atoms with Crippen molar-refractivity contribution >= 4 is 45.6 Å². The second-order valence-corrected chi connectivity index (χ2v) is 13.0. The number of carbonyl (C=O) groups excluding carboxylic acids is 4. The number of ketones is 1. The number of halogens is 1. The molecule has 1 atom stereocenters. The number of carbonyl (C=O) groups is 5. The van der Waals surface area contributed by atoms with Crippen LogP contribution in [0, 0.1) is 34.6 Å². The maximum Gasteiger partial charge on any atom is 0.356 e. The third-order valence-electron chi connectivity index (χ3n) is 9.17. The Kier molecular flexibility index (Phi) is 11.4. The van der Waals surface area contributed by atoms with E-state index in [0.29, 0.717) is 11.1 Å². The molecule has 0 amide bonds. The number of carboxylic acid groups (broad SMARTS) is 1. The van der Waals surface area contributed by atoms with E-state index in [1.165, 1.54) is 54.0 Å². The number of hydrogen-bond acceptors (Lipinski definition) is 13. The summed E-state index contributed by atoms with van der Waals surface area (Å²) in [5.74, 6) is -6.96. The van der Waals surface area contributed by atoms with Crippen molar-refractivity contribution in [2.24, 2.45) is 0 Å². The van der Waals surface area contributed by atoms with Gasteiger partial charge in [-0.25, -0.2) is 19.2 Å². The van der Waals surface area contributed by atoms with Crippen LogP contribution < -0.4 is 18.9 Å². The third kappa shape index (κ3) is 6.97. The molecule has 1 aliphatic carbocycles. The Morgan fingerprint density at radius 1 is 0.736 bits per heavy atom. The standard InChI is InChI=1S/C38H37BrO14/c1-10-22-24(11-15(2)27(31(22)41)35(45)51-23-14-25(49-8)28(34(43)44)18(5)17(23)4)52-36(46)29-19(6)20(7)33(30(39)32(29)42)53-37(47)38(48)16(3)12-21(40)13-26(38)50-9/h11-14,41-42,48H,10H2,1-9H3,(H,43,44)/t38-/m1/s1. The maximum atomic E-state index is 13.7. The van der Waals surface area contributed by atoms with Crippen molar-refractivity contribution in [3.63, 3.8) is 0 Å². The minimum atomic E-state index is -2.46. The van der Waals surface area contributed by atoms with Gasteiger partial charge in [-0.3, -0.25) is 4.79 Å². The predicted octanol–water partition coefficient (Wildman–Crippen LogP) is 5.81. The first-order valence-corrected chi connectivity index (χ1v) is 16.7. The van der Waals surface area contributed by atoms with Gasteiger partial charge < -0.3 is 44.1 Å². The molecule has 0 spiro atoms. The summed E-state index contributed by atoms with van der Waals surface area (Å²) in [6, 6.07) is 2.61. The largest absolute Gasteiger partial charge is 0.507 e. The van der Waals surface area contributed by atoms with Gasteiger partial charge in [0.25, 0.3) is 0 Å². The Morgan fingerprint density at radius 2 is 1.32 bits per heavy atom. The Labute approximate surface area is 312 Å². The van der Waals surface area contributed by atoms with Crippen molar-refractivity contribution in [3.8, 4) is 34.5 Å². The van der Waals surface area contributed by atoms with E-state index in [1.54, 1.807) is 20.8 Å². The monoisotopic (exact) mass is 796 g/mol. The number of ether oxygens (including phenoxy) is 5. The van der Waals surface area contributed by atoms with Crippen LogP contribution in [0.15, 0.2) is 40.1 Å². The number of hydrogen-bond donors (Lipinski definition) is 4. The Hall–Kier alpha value is -5.67. The fourth-order valence-corrected chi connectivity index (χ4v) is 6.48. The first-order chi connectivity index (χ1) is 24.8. The van der Waals surface area contributed by atoms with Crippen LogP contribution in [0.5, 0.6) is 34.5 Å². The van der Waals surface area contributed by atoms with Crippen LogP contribution >= 0.6 is 15.9 Å². The Balaban J connectivity index is 1.68. The predicted molar refractivity (Wildman–Crippen MR) is 191 cm³/mol. The number of carboxylic acids is 1. The molecule has 15 heteroatoms. The third-order valence-corrected chi connectivity index (χ3v) is 9.91. The van der Waals surface area contributed by atoms with Gasteiger partial charge in [0.05, 0.1) is 14.2 Å². The fourth-order valence-electron chi connectivity index (χ4n) is 5.90. The minimum Gasteiger partial charge on any atom is -0.507 e. The summed E-state index contributed by atoms with van der Waals surface area (Å²) in [7, 11) is 2.44. The molecule has 0 saturated carbocycles. The fraction of sp³-hybridized carbons (Fsp3) is 0.289. The Bertz CT molecular complexity index is 2150. The molecule has 0 aliphatic heterocycles. The molecule has 0 aromatic heterocycles. The number of aromatic carboxylic acids is 1. The lowest BCUT2D eigenvalue weighted by Crippen LogP contribution is -2.47. The van der Waals surface area contributed by atoms with E-state index in [9.17, 15) is 44.4 Å². The average molecular weight is 798 g/mol. The van der Waals surface area contributed by atoms with E-state index in [0.717, 1.165) is 12.2 Å². The second kappa shape index (κ2) is 15.1. The number of aryl methyl sites for hydroxylation is 1. The van der Waals surface area contributed by atoms with Crippen molar-refractivity contribution < 1.29 is 68.1 Å². The molecule has 0 saturated heterocycles. The number of methoxy groups -OCH3 is 2. The normalized spacial score (nSPS) is 15.3. The molecule has 4 rings (SSSR count). The van der Waals surface area contributed by atoms with E-state index in [1.807, 2.05) is 0 Å². The zero-order valence-electron chi connectivity index (χ0n) is 30.3. The molecule has 3 aromatic carbocycles. The number of esters is 3. The van der Waals surface area contributed by atoms with Gasteiger partial charge in [0.15, 0.2) is 11.5 Å². The van der Waals surface area contributed by atoms with Crippen LogP contribution in [0.3, 0.4) is 0 Å². The summed E-state index contributed by atoms with van der Waals surface area (Å²) in [6.45, 7) is 10.5. The second-order valence-electron chi connectivity index (χ2n) is 12.2. The maximum absolute atomic E-state index is 13.7. The van der Waals surface area contributed by atoms with Crippen molar-refractivity contribution in [2.75, 3.05) is 14.2 Å². The summed E-state index contributed by atoms with van der Waals surface area (Å²) >= 11 is 3.17. The molecule has 0 unspecified atom stereocenters. The van der Waals surface area contributed by atoms with Crippen LogP contribution in [-0.4, -0.2) is 69.9 Å². The van der Waals surface area contributed by atoms with Crippen molar-refractivity contribution in [1.29, 1.82) is 0 Å². The van der Waals surface area contributed by atoms with Gasteiger partial charge in [0.2, 0.25) is 5.60 Å².